The van der Waals surface area contributed by atoms with Gasteiger partial charge in [0.1, 0.15) is 11.0 Å². The van der Waals surface area contributed by atoms with Crippen molar-refractivity contribution in [1.82, 2.24) is 4.98 Å². The van der Waals surface area contributed by atoms with Gasteiger partial charge in [-0.05, 0) is 6.92 Å². The number of ether oxygens (including phenoxy) is 1. The Morgan fingerprint density at radius 1 is 1.50 bits per heavy atom. The number of rotatable bonds is 2. The lowest BCUT2D eigenvalue weighted by Crippen LogP contribution is -2.19. The zero-order chi connectivity index (χ0) is 14.1. The number of halogens is 4. The topological polar surface area (TPSA) is 80.0 Å². The molecular weight excluding hydrogens is 297 g/mol. The lowest BCUT2D eigenvalue weighted by atomic mass is 10.2. The van der Waals surface area contributed by atoms with Crippen molar-refractivity contribution >= 4 is 19.7 Å². The van der Waals surface area contributed by atoms with Crippen LogP contribution in [0.3, 0.4) is 0 Å². The van der Waals surface area contributed by atoms with Gasteiger partial charge in [0.25, 0.3) is 9.05 Å². The van der Waals surface area contributed by atoms with Gasteiger partial charge in [0.15, 0.2) is 0 Å². The zero-order valence-corrected chi connectivity index (χ0v) is 10.2. The van der Waals surface area contributed by atoms with E-state index in [2.05, 4.69) is 9.72 Å². The second-order valence-corrected chi connectivity index (χ2v) is 5.56. The number of nitrogens with zero attached hydrogens (tertiary/aromatic N) is 2. The minimum Gasteiger partial charge on any atom is -0.388 e. The number of hydrogen-bond acceptors (Lipinski definition) is 5. The molecule has 0 unspecified atom stereocenters. The fourth-order valence-electron chi connectivity index (χ4n) is 1.11. The Kier molecular flexibility index (Phi) is 3.73. The Labute approximate surface area is 104 Å². The van der Waals surface area contributed by atoms with Gasteiger partial charge in [0, 0.05) is 16.2 Å². The molecule has 0 fully saturated rings. The molecule has 18 heavy (non-hydrogen) atoms. The smallest absolute Gasteiger partial charge is 0.388 e. The first-order valence-corrected chi connectivity index (χ1v) is 6.47. The molecule has 0 saturated heterocycles. The maximum Gasteiger partial charge on any atom is 0.574 e. The van der Waals surface area contributed by atoms with Gasteiger partial charge in [-0.15, -0.1) is 13.2 Å². The molecular formula is C8H4ClF3N2O3S. The van der Waals surface area contributed by atoms with Crippen LogP contribution in [-0.4, -0.2) is 19.8 Å². The second-order valence-electron chi connectivity index (χ2n) is 3.03. The predicted molar refractivity (Wildman–Crippen MR) is 53.4 cm³/mol. The van der Waals surface area contributed by atoms with Crippen molar-refractivity contribution in [2.45, 2.75) is 18.2 Å². The molecule has 98 valence electrons. The van der Waals surface area contributed by atoms with Crippen molar-refractivity contribution in [1.29, 1.82) is 5.26 Å². The molecule has 0 saturated carbocycles. The van der Waals surface area contributed by atoms with Gasteiger partial charge in [-0.3, -0.25) is 0 Å². The van der Waals surface area contributed by atoms with Gasteiger partial charge in [-0.25, -0.2) is 13.4 Å². The molecule has 0 aliphatic carbocycles. The standard InChI is InChI=1S/C8H4ClF3N2O3S/c1-4-5(2-13)6(18(9,15)16)3-14-7(4)17-8(10,11)12/h3H,1H3. The van der Waals surface area contributed by atoms with Gasteiger partial charge < -0.3 is 4.74 Å². The Hall–Kier alpha value is -1.53. The second kappa shape index (κ2) is 4.62. The van der Waals surface area contributed by atoms with Crippen molar-refractivity contribution in [2.24, 2.45) is 0 Å². The summed E-state index contributed by atoms with van der Waals surface area (Å²) >= 11 is 0. The first kappa shape index (κ1) is 14.5. The Bertz CT molecular complexity index is 622. The Morgan fingerprint density at radius 2 is 2.06 bits per heavy atom. The molecule has 0 aliphatic rings. The molecule has 5 nitrogen and oxygen atoms in total. The molecule has 0 spiro atoms. The van der Waals surface area contributed by atoms with Crippen LogP contribution in [0.4, 0.5) is 13.2 Å². The third kappa shape index (κ3) is 3.24. The molecule has 0 amide bonds. The highest BCUT2D eigenvalue weighted by molar-refractivity contribution is 8.13. The fraction of sp³-hybridized carbons (Fsp3) is 0.250. The highest BCUT2D eigenvalue weighted by Gasteiger charge is 2.33. The van der Waals surface area contributed by atoms with Crippen molar-refractivity contribution in [3.63, 3.8) is 0 Å². The average Bonchev–Trinajstić information content (AvgIpc) is 2.17. The average molecular weight is 301 g/mol. The summed E-state index contributed by atoms with van der Waals surface area (Å²) in [6.45, 7) is 1.07. The third-order valence-electron chi connectivity index (χ3n) is 1.83. The molecule has 10 heteroatoms. The van der Waals surface area contributed by atoms with Crippen LogP contribution in [-0.2, 0) is 9.05 Å². The van der Waals surface area contributed by atoms with Gasteiger partial charge in [-0.2, -0.15) is 5.26 Å². The van der Waals surface area contributed by atoms with Crippen LogP contribution in [0.15, 0.2) is 11.1 Å². The van der Waals surface area contributed by atoms with Crippen LogP contribution >= 0.6 is 10.7 Å². The van der Waals surface area contributed by atoms with Crippen molar-refractivity contribution in [2.75, 3.05) is 0 Å². The molecule has 1 rings (SSSR count). The zero-order valence-electron chi connectivity index (χ0n) is 8.62. The maximum absolute atomic E-state index is 12.0. The number of nitriles is 1. The molecule has 0 N–H and O–H groups in total. The first-order chi connectivity index (χ1) is 8.06. The van der Waals surface area contributed by atoms with E-state index >= 15 is 0 Å². The van der Waals surface area contributed by atoms with Gasteiger partial charge >= 0.3 is 6.36 Å². The largest absolute Gasteiger partial charge is 0.574 e. The minimum atomic E-state index is -4.99. The lowest BCUT2D eigenvalue weighted by Gasteiger charge is -2.11. The SMILES string of the molecule is Cc1c(OC(F)(F)F)ncc(S(=O)(=O)Cl)c1C#N. The predicted octanol–water partition coefficient (Wildman–Crippen LogP) is 2.09. The fourth-order valence-corrected chi connectivity index (χ4v) is 2.08. The van der Waals surface area contributed by atoms with E-state index in [1.54, 1.807) is 0 Å². The first-order valence-electron chi connectivity index (χ1n) is 4.16. The minimum absolute atomic E-state index is 0.364. The van der Waals surface area contributed by atoms with E-state index < -0.39 is 31.8 Å². The van der Waals surface area contributed by atoms with Crippen LogP contribution in [0.25, 0.3) is 0 Å². The van der Waals surface area contributed by atoms with Gasteiger partial charge in [0.2, 0.25) is 5.88 Å². The summed E-state index contributed by atoms with van der Waals surface area (Å²) in [5.74, 6) is -0.900. The summed E-state index contributed by atoms with van der Waals surface area (Å²) in [7, 11) is 0.740. The number of aromatic nitrogens is 1. The van der Waals surface area contributed by atoms with Crippen molar-refractivity contribution < 1.29 is 26.3 Å². The van der Waals surface area contributed by atoms with Crippen molar-refractivity contribution in [3.8, 4) is 11.9 Å². The van der Waals surface area contributed by atoms with E-state index in [-0.39, 0.29) is 5.56 Å². The van der Waals surface area contributed by atoms with E-state index in [1.807, 2.05) is 0 Å². The molecule has 1 aromatic heterocycles. The van der Waals surface area contributed by atoms with E-state index in [0.29, 0.717) is 6.20 Å². The molecule has 1 aromatic rings. The summed E-state index contributed by atoms with van der Waals surface area (Å²) in [5, 5.41) is 8.75. The molecule has 0 aromatic carbocycles. The van der Waals surface area contributed by atoms with Crippen LogP contribution < -0.4 is 4.74 Å². The molecule has 1 heterocycles. The summed E-state index contributed by atoms with van der Waals surface area (Å²) in [6.07, 6.45) is -4.46. The van der Waals surface area contributed by atoms with Gasteiger partial charge in [-0.1, -0.05) is 0 Å². The Balaban J connectivity index is 3.45. The third-order valence-corrected chi connectivity index (χ3v) is 3.16. The number of pyridine rings is 1. The Morgan fingerprint density at radius 3 is 2.44 bits per heavy atom. The summed E-state index contributed by atoms with van der Waals surface area (Å²) in [6, 6.07) is 1.45. The van der Waals surface area contributed by atoms with Crippen LogP contribution in [0.5, 0.6) is 5.88 Å². The highest BCUT2D eigenvalue weighted by Crippen LogP contribution is 2.30. The molecule has 0 atom stereocenters. The number of hydrogen-bond donors (Lipinski definition) is 0. The maximum atomic E-state index is 12.0. The quantitative estimate of drug-likeness (QED) is 0.781. The molecule has 0 bridgehead atoms. The lowest BCUT2D eigenvalue weighted by molar-refractivity contribution is -0.276. The number of alkyl halides is 3. The monoisotopic (exact) mass is 300 g/mol. The molecule has 0 aliphatic heterocycles. The van der Waals surface area contributed by atoms with E-state index in [9.17, 15) is 21.6 Å². The highest BCUT2D eigenvalue weighted by atomic mass is 35.7. The summed E-state index contributed by atoms with van der Waals surface area (Å²) in [5.41, 5.74) is -0.907. The van der Waals surface area contributed by atoms with Crippen LogP contribution in [0.1, 0.15) is 11.1 Å². The van der Waals surface area contributed by atoms with Gasteiger partial charge in [0.05, 0.1) is 11.8 Å². The van der Waals surface area contributed by atoms with E-state index in [4.69, 9.17) is 15.9 Å². The molecule has 0 radical (unpaired) electrons. The van der Waals surface area contributed by atoms with Crippen LogP contribution in [0.2, 0.25) is 0 Å². The normalized spacial score (nSPS) is 12.0. The summed E-state index contributed by atoms with van der Waals surface area (Å²) in [4.78, 5) is 2.51. The summed E-state index contributed by atoms with van der Waals surface area (Å²) < 4.78 is 61.7. The van der Waals surface area contributed by atoms with Crippen LogP contribution in [0, 0.1) is 18.3 Å². The van der Waals surface area contributed by atoms with Crippen molar-refractivity contribution in [3.05, 3.63) is 17.3 Å². The van der Waals surface area contributed by atoms with E-state index in [0.717, 1.165) is 6.92 Å². The van der Waals surface area contributed by atoms with E-state index in [1.165, 1.54) is 6.07 Å².